The molecule has 0 amide bonds. The number of H-pyrrole nitrogens is 1. The first kappa shape index (κ1) is 21.1. The lowest BCUT2D eigenvalue weighted by Crippen LogP contribution is -2.29. The zero-order chi connectivity index (χ0) is 23.3. The quantitative estimate of drug-likeness (QED) is 0.370. The predicted molar refractivity (Wildman–Crippen MR) is 136 cm³/mol. The van der Waals surface area contributed by atoms with Crippen LogP contribution in [0.2, 0.25) is 0 Å². The van der Waals surface area contributed by atoms with Gasteiger partial charge in [0.25, 0.3) is 0 Å². The molecule has 0 atom stereocenters. The third kappa shape index (κ3) is 3.63. The average Bonchev–Trinajstić information content (AvgIpc) is 3.27. The first-order valence-corrected chi connectivity index (χ1v) is 11.3. The molecule has 3 heterocycles. The van der Waals surface area contributed by atoms with Crippen molar-refractivity contribution < 1.29 is 4.74 Å². The number of rotatable bonds is 4. The third-order valence-corrected chi connectivity index (χ3v) is 6.88. The highest BCUT2D eigenvalue weighted by Crippen LogP contribution is 2.41. The van der Waals surface area contributed by atoms with Crippen LogP contribution in [0, 0.1) is 34.6 Å². The highest BCUT2D eigenvalue weighted by Gasteiger charge is 2.21. The van der Waals surface area contributed by atoms with Crippen molar-refractivity contribution in [3.63, 3.8) is 0 Å². The van der Waals surface area contributed by atoms with Crippen LogP contribution in [0.4, 0.5) is 28.8 Å². The number of likely N-dealkylation sites (N-methyl/N-ethyl adjacent to an activating group) is 1. The number of aryl methyl sites for hydroxylation is 1. The van der Waals surface area contributed by atoms with Gasteiger partial charge in [-0.3, -0.25) is 0 Å². The van der Waals surface area contributed by atoms with E-state index < -0.39 is 0 Å². The Morgan fingerprint density at radius 2 is 1.70 bits per heavy atom. The Kier molecular flexibility index (Phi) is 5.12. The smallest absolute Gasteiger partial charge is 0.231 e. The molecule has 1 aliphatic heterocycles. The Labute approximate surface area is 194 Å². The molecule has 1 aliphatic rings. The van der Waals surface area contributed by atoms with Gasteiger partial charge in [-0.05, 0) is 80.6 Å². The number of aromatic amines is 1. The van der Waals surface area contributed by atoms with Gasteiger partial charge in [0.2, 0.25) is 5.95 Å². The largest absolute Gasteiger partial charge is 0.489 e. The lowest BCUT2D eigenvalue weighted by atomic mass is 10.0. The van der Waals surface area contributed by atoms with Gasteiger partial charge in [0.05, 0.1) is 17.6 Å². The summed E-state index contributed by atoms with van der Waals surface area (Å²) in [7, 11) is 2.10. The molecule has 0 saturated carbocycles. The zero-order valence-electron chi connectivity index (χ0n) is 20.1. The van der Waals surface area contributed by atoms with Gasteiger partial charge < -0.3 is 25.3 Å². The monoisotopic (exact) mass is 442 g/mol. The molecule has 3 N–H and O–H groups in total. The molecule has 0 bridgehead atoms. The number of benzene rings is 2. The standard InChI is InChI=1S/C26H30N6O/c1-14-7-8-20(16(3)15(14)2)29-26-30-24-19(9-10-27-24)25(31-26)28-21-13-22-23(18(5)17(21)4)33-12-11-32(22)6/h7-10,13H,11-12H2,1-6H3,(H3,27,28,29,30,31). The van der Waals surface area contributed by atoms with E-state index in [1.165, 1.54) is 16.7 Å². The highest BCUT2D eigenvalue weighted by molar-refractivity contribution is 5.91. The lowest BCUT2D eigenvalue weighted by molar-refractivity contribution is 0.309. The molecule has 0 aliphatic carbocycles. The van der Waals surface area contributed by atoms with Gasteiger partial charge in [0.15, 0.2) is 0 Å². The van der Waals surface area contributed by atoms with Gasteiger partial charge in [-0.25, -0.2) is 0 Å². The van der Waals surface area contributed by atoms with Gasteiger partial charge in [-0.2, -0.15) is 9.97 Å². The predicted octanol–water partition coefficient (Wildman–Crippen LogP) is 5.82. The lowest BCUT2D eigenvalue weighted by Gasteiger charge is -2.30. The Balaban J connectivity index is 1.56. The normalized spacial score (nSPS) is 13.1. The van der Waals surface area contributed by atoms with Gasteiger partial charge >= 0.3 is 0 Å². The molecule has 5 rings (SSSR count). The van der Waals surface area contributed by atoms with Crippen LogP contribution in [0.3, 0.4) is 0 Å². The number of hydrogen-bond donors (Lipinski definition) is 3. The summed E-state index contributed by atoms with van der Waals surface area (Å²) < 4.78 is 5.97. The van der Waals surface area contributed by atoms with Crippen molar-refractivity contribution >= 4 is 39.9 Å². The number of anilines is 5. The van der Waals surface area contributed by atoms with E-state index in [2.05, 4.69) is 80.4 Å². The Bertz CT molecular complexity index is 1370. The SMILES string of the molecule is Cc1ccc(Nc2nc(Nc3cc4c(c(C)c3C)OCCN4C)c3cc[nH]c3n2)c(C)c1C. The van der Waals surface area contributed by atoms with Crippen molar-refractivity contribution in [2.45, 2.75) is 34.6 Å². The minimum Gasteiger partial charge on any atom is -0.489 e. The number of fused-ring (bicyclic) bond motifs is 2. The fourth-order valence-corrected chi connectivity index (χ4v) is 4.31. The summed E-state index contributed by atoms with van der Waals surface area (Å²) in [6.45, 7) is 12.2. The molecule has 0 fully saturated rings. The topological polar surface area (TPSA) is 78.1 Å². The Hall–Kier alpha value is -3.74. The van der Waals surface area contributed by atoms with E-state index in [9.17, 15) is 0 Å². The van der Waals surface area contributed by atoms with Crippen molar-refractivity contribution in [3.05, 3.63) is 58.3 Å². The number of nitrogens with zero attached hydrogens (tertiary/aromatic N) is 3. The molecule has 7 nitrogen and oxygen atoms in total. The van der Waals surface area contributed by atoms with E-state index in [0.29, 0.717) is 12.6 Å². The summed E-state index contributed by atoms with van der Waals surface area (Å²) >= 11 is 0. The van der Waals surface area contributed by atoms with Crippen LogP contribution >= 0.6 is 0 Å². The summed E-state index contributed by atoms with van der Waals surface area (Å²) in [4.78, 5) is 15.0. The van der Waals surface area contributed by atoms with E-state index in [1.54, 1.807) is 0 Å². The van der Waals surface area contributed by atoms with Gasteiger partial charge in [-0.1, -0.05) is 6.07 Å². The molecule has 7 heteroatoms. The maximum absolute atomic E-state index is 5.97. The van der Waals surface area contributed by atoms with Crippen LogP contribution < -0.4 is 20.3 Å². The van der Waals surface area contributed by atoms with Crippen molar-refractivity contribution in [2.75, 3.05) is 35.7 Å². The maximum Gasteiger partial charge on any atom is 0.231 e. The van der Waals surface area contributed by atoms with Crippen molar-refractivity contribution in [1.82, 2.24) is 15.0 Å². The van der Waals surface area contributed by atoms with Crippen LogP contribution in [0.15, 0.2) is 30.5 Å². The fourth-order valence-electron chi connectivity index (χ4n) is 4.31. The van der Waals surface area contributed by atoms with Gasteiger partial charge in [-0.15, -0.1) is 0 Å². The Morgan fingerprint density at radius 1 is 0.909 bits per heavy atom. The van der Waals surface area contributed by atoms with Crippen molar-refractivity contribution in [3.8, 4) is 5.75 Å². The summed E-state index contributed by atoms with van der Waals surface area (Å²) in [6.07, 6.45) is 1.89. The maximum atomic E-state index is 5.97. The molecular formula is C26H30N6O. The highest BCUT2D eigenvalue weighted by atomic mass is 16.5. The molecule has 2 aromatic heterocycles. The number of nitrogens with one attached hydrogen (secondary N) is 3. The summed E-state index contributed by atoms with van der Waals surface area (Å²) in [6, 6.07) is 8.35. The first-order valence-electron chi connectivity index (χ1n) is 11.3. The minimum atomic E-state index is 0.548. The summed E-state index contributed by atoms with van der Waals surface area (Å²) in [5.74, 6) is 2.27. The Morgan fingerprint density at radius 3 is 2.52 bits per heavy atom. The number of ether oxygens (including phenoxy) is 1. The molecule has 33 heavy (non-hydrogen) atoms. The van der Waals surface area contributed by atoms with Crippen molar-refractivity contribution in [1.29, 1.82) is 0 Å². The molecule has 0 unspecified atom stereocenters. The van der Waals surface area contributed by atoms with Crippen LogP contribution in [0.5, 0.6) is 5.75 Å². The molecule has 0 saturated heterocycles. The second kappa shape index (κ2) is 7.99. The fraction of sp³-hybridized carbons (Fsp3) is 0.308. The zero-order valence-corrected chi connectivity index (χ0v) is 20.1. The molecule has 170 valence electrons. The third-order valence-electron chi connectivity index (χ3n) is 6.88. The van der Waals surface area contributed by atoms with E-state index in [1.807, 2.05) is 12.3 Å². The van der Waals surface area contributed by atoms with Gasteiger partial charge in [0.1, 0.15) is 23.8 Å². The van der Waals surface area contributed by atoms with Crippen LogP contribution in [0.25, 0.3) is 11.0 Å². The first-order chi connectivity index (χ1) is 15.8. The summed E-state index contributed by atoms with van der Waals surface area (Å²) in [5.41, 5.74) is 9.92. The van der Waals surface area contributed by atoms with E-state index in [-0.39, 0.29) is 0 Å². The molecule has 0 spiro atoms. The second-order valence-electron chi connectivity index (χ2n) is 8.86. The number of aromatic nitrogens is 3. The second-order valence-corrected chi connectivity index (χ2v) is 8.86. The molecular weight excluding hydrogens is 412 g/mol. The number of hydrogen-bond acceptors (Lipinski definition) is 6. The van der Waals surface area contributed by atoms with E-state index in [0.717, 1.165) is 57.3 Å². The van der Waals surface area contributed by atoms with Crippen molar-refractivity contribution in [2.24, 2.45) is 0 Å². The average molecular weight is 443 g/mol. The summed E-state index contributed by atoms with van der Waals surface area (Å²) in [5, 5.41) is 7.94. The molecule has 0 radical (unpaired) electrons. The molecule has 4 aromatic rings. The van der Waals surface area contributed by atoms with Crippen LogP contribution in [-0.4, -0.2) is 35.2 Å². The minimum absolute atomic E-state index is 0.548. The molecule has 2 aromatic carbocycles. The van der Waals surface area contributed by atoms with Crippen LogP contribution in [0.1, 0.15) is 27.8 Å². The van der Waals surface area contributed by atoms with Crippen LogP contribution in [-0.2, 0) is 0 Å². The van der Waals surface area contributed by atoms with E-state index in [4.69, 9.17) is 14.7 Å². The van der Waals surface area contributed by atoms with Gasteiger partial charge in [0, 0.05) is 24.6 Å². The van der Waals surface area contributed by atoms with E-state index >= 15 is 0 Å².